The summed E-state index contributed by atoms with van der Waals surface area (Å²) in [4.78, 5) is 14.9. The van der Waals surface area contributed by atoms with Gasteiger partial charge in [-0.3, -0.25) is 10.1 Å². The number of oxazole rings is 1. The molecule has 5 nitrogen and oxygen atoms in total. The van der Waals surface area contributed by atoms with Gasteiger partial charge in [0.25, 0.3) is 5.69 Å². The molecule has 0 aliphatic heterocycles. The minimum atomic E-state index is -0.499. The number of hydrogen-bond acceptors (Lipinski definition) is 4. The molecule has 6 heteroatoms. The van der Waals surface area contributed by atoms with Crippen molar-refractivity contribution in [3.8, 4) is 11.5 Å². The van der Waals surface area contributed by atoms with E-state index in [0.29, 0.717) is 21.7 Å². The molecular formula is C14H9ClN2O3. The zero-order chi connectivity index (χ0) is 14.3. The first-order chi connectivity index (χ1) is 9.54. The number of rotatable bonds is 2. The molecule has 0 fully saturated rings. The summed E-state index contributed by atoms with van der Waals surface area (Å²) >= 11 is 5.79. The summed E-state index contributed by atoms with van der Waals surface area (Å²) < 4.78 is 5.58. The predicted octanol–water partition coefficient (Wildman–Crippen LogP) is 4.36. The quantitative estimate of drug-likeness (QED) is 0.519. The maximum absolute atomic E-state index is 11.1. The molecular weight excluding hydrogens is 280 g/mol. The van der Waals surface area contributed by atoms with Crippen molar-refractivity contribution in [2.24, 2.45) is 0 Å². The van der Waals surface area contributed by atoms with Crippen LogP contribution in [0.1, 0.15) is 5.56 Å². The lowest BCUT2D eigenvalue weighted by molar-refractivity contribution is -0.384. The topological polar surface area (TPSA) is 69.2 Å². The molecule has 0 amide bonds. The highest BCUT2D eigenvalue weighted by Gasteiger charge is 2.20. The van der Waals surface area contributed by atoms with Crippen molar-refractivity contribution in [1.82, 2.24) is 4.98 Å². The van der Waals surface area contributed by atoms with Crippen molar-refractivity contribution in [2.75, 3.05) is 0 Å². The molecule has 0 unspecified atom stereocenters. The van der Waals surface area contributed by atoms with E-state index in [9.17, 15) is 10.1 Å². The van der Waals surface area contributed by atoms with Gasteiger partial charge in [-0.1, -0.05) is 17.7 Å². The molecule has 1 heterocycles. The number of aromatic nitrogens is 1. The average molecular weight is 289 g/mol. The number of hydrogen-bond donors (Lipinski definition) is 0. The fourth-order valence-corrected chi connectivity index (χ4v) is 2.16. The lowest BCUT2D eigenvalue weighted by atomic mass is 10.2. The largest absolute Gasteiger partial charge is 0.436 e. The van der Waals surface area contributed by atoms with E-state index in [1.165, 1.54) is 12.1 Å². The third kappa shape index (κ3) is 2.12. The molecule has 0 aliphatic carbocycles. The minimum Gasteiger partial charge on any atom is -0.436 e. The smallest absolute Gasteiger partial charge is 0.283 e. The summed E-state index contributed by atoms with van der Waals surface area (Å²) in [7, 11) is 0. The Morgan fingerprint density at radius 3 is 2.80 bits per heavy atom. The first kappa shape index (κ1) is 12.6. The Morgan fingerprint density at radius 2 is 2.05 bits per heavy atom. The number of fused-ring (bicyclic) bond motifs is 1. The van der Waals surface area contributed by atoms with Gasteiger partial charge in [-0.05, 0) is 36.8 Å². The summed E-state index contributed by atoms with van der Waals surface area (Å²) in [6, 6.07) is 9.96. The van der Waals surface area contributed by atoms with Crippen molar-refractivity contribution in [2.45, 2.75) is 6.92 Å². The molecule has 1 aromatic heterocycles. The van der Waals surface area contributed by atoms with Gasteiger partial charge in [-0.15, -0.1) is 0 Å². The highest BCUT2D eigenvalue weighted by atomic mass is 35.5. The zero-order valence-electron chi connectivity index (χ0n) is 10.5. The normalized spacial score (nSPS) is 10.9. The van der Waals surface area contributed by atoms with Crippen LogP contribution in [-0.4, -0.2) is 9.91 Å². The van der Waals surface area contributed by atoms with Crippen molar-refractivity contribution in [3.63, 3.8) is 0 Å². The standard InChI is InChI=1S/C14H9ClN2O3/c1-8-2-5-13-11(6-8)16-14(20-13)10-4-3-9(15)7-12(10)17(18)19/h2-7H,1H3. The predicted molar refractivity (Wildman–Crippen MR) is 75.8 cm³/mol. The van der Waals surface area contributed by atoms with Crippen LogP contribution in [0.2, 0.25) is 5.02 Å². The van der Waals surface area contributed by atoms with Crippen molar-refractivity contribution >= 4 is 28.4 Å². The molecule has 0 N–H and O–H groups in total. The zero-order valence-corrected chi connectivity index (χ0v) is 11.2. The van der Waals surface area contributed by atoms with E-state index in [-0.39, 0.29) is 11.6 Å². The highest BCUT2D eigenvalue weighted by molar-refractivity contribution is 6.30. The van der Waals surface area contributed by atoms with E-state index in [0.717, 1.165) is 5.56 Å². The van der Waals surface area contributed by atoms with Gasteiger partial charge in [0.1, 0.15) is 11.1 Å². The fourth-order valence-electron chi connectivity index (χ4n) is 1.99. The summed E-state index contributed by atoms with van der Waals surface area (Å²) in [6.07, 6.45) is 0. The molecule has 100 valence electrons. The lowest BCUT2D eigenvalue weighted by Crippen LogP contribution is -1.92. The van der Waals surface area contributed by atoms with Gasteiger partial charge in [-0.2, -0.15) is 0 Å². The number of nitro groups is 1. The summed E-state index contributed by atoms with van der Waals surface area (Å²) in [5.74, 6) is 0.217. The molecule has 0 radical (unpaired) electrons. The van der Waals surface area contributed by atoms with Crippen LogP contribution in [0, 0.1) is 17.0 Å². The van der Waals surface area contributed by atoms with Crippen LogP contribution >= 0.6 is 11.6 Å². The SMILES string of the molecule is Cc1ccc2oc(-c3ccc(Cl)cc3[N+](=O)[O-])nc2c1. The van der Waals surface area contributed by atoms with Crippen molar-refractivity contribution in [1.29, 1.82) is 0 Å². The second-order valence-electron chi connectivity index (χ2n) is 4.41. The first-order valence-corrected chi connectivity index (χ1v) is 6.24. The highest BCUT2D eigenvalue weighted by Crippen LogP contribution is 2.33. The minimum absolute atomic E-state index is 0.124. The van der Waals surface area contributed by atoms with Crippen LogP contribution in [-0.2, 0) is 0 Å². The Morgan fingerprint density at radius 1 is 1.25 bits per heavy atom. The second-order valence-corrected chi connectivity index (χ2v) is 4.85. The van der Waals surface area contributed by atoms with Crippen LogP contribution in [0.3, 0.4) is 0 Å². The van der Waals surface area contributed by atoms with Gasteiger partial charge in [0, 0.05) is 11.1 Å². The molecule has 0 spiro atoms. The van der Waals surface area contributed by atoms with E-state index < -0.39 is 4.92 Å². The van der Waals surface area contributed by atoms with Gasteiger partial charge in [0.2, 0.25) is 5.89 Å². The Bertz CT molecular complexity index is 826. The van der Waals surface area contributed by atoms with Crippen LogP contribution in [0.5, 0.6) is 0 Å². The van der Waals surface area contributed by atoms with E-state index in [2.05, 4.69) is 4.98 Å². The maximum Gasteiger partial charge on any atom is 0.283 e. The first-order valence-electron chi connectivity index (χ1n) is 5.86. The second kappa shape index (κ2) is 4.61. The molecule has 3 aromatic rings. The average Bonchev–Trinajstić information content (AvgIpc) is 2.81. The molecule has 20 heavy (non-hydrogen) atoms. The van der Waals surface area contributed by atoms with Crippen LogP contribution < -0.4 is 0 Å². The summed E-state index contributed by atoms with van der Waals surface area (Å²) in [5, 5.41) is 11.4. The molecule has 2 aromatic carbocycles. The Hall–Kier alpha value is -2.40. The Kier molecular flexibility index (Phi) is 2.91. The van der Waals surface area contributed by atoms with Crippen LogP contribution in [0.25, 0.3) is 22.6 Å². The Balaban J connectivity index is 2.22. The third-order valence-corrected chi connectivity index (χ3v) is 3.17. The van der Waals surface area contributed by atoms with Crippen molar-refractivity contribution in [3.05, 3.63) is 57.1 Å². The monoisotopic (exact) mass is 288 g/mol. The van der Waals surface area contributed by atoms with Crippen LogP contribution in [0.15, 0.2) is 40.8 Å². The molecule has 0 aliphatic rings. The summed E-state index contributed by atoms with van der Waals surface area (Å²) in [6.45, 7) is 1.94. The fraction of sp³-hybridized carbons (Fsp3) is 0.0714. The van der Waals surface area contributed by atoms with Gasteiger partial charge in [-0.25, -0.2) is 4.98 Å². The maximum atomic E-state index is 11.1. The summed E-state index contributed by atoms with van der Waals surface area (Å²) in [5.41, 5.74) is 2.50. The Labute approximate surface area is 119 Å². The number of nitrogens with zero attached hydrogens (tertiary/aromatic N) is 2. The van der Waals surface area contributed by atoms with Gasteiger partial charge >= 0.3 is 0 Å². The van der Waals surface area contributed by atoms with E-state index in [4.69, 9.17) is 16.0 Å². The number of nitro benzene ring substituents is 1. The van der Waals surface area contributed by atoms with Crippen molar-refractivity contribution < 1.29 is 9.34 Å². The molecule has 3 rings (SSSR count). The molecule has 0 saturated carbocycles. The third-order valence-electron chi connectivity index (χ3n) is 2.93. The van der Waals surface area contributed by atoms with Gasteiger partial charge < -0.3 is 4.42 Å². The van der Waals surface area contributed by atoms with Crippen LogP contribution in [0.4, 0.5) is 5.69 Å². The lowest BCUT2D eigenvalue weighted by Gasteiger charge is -1.98. The number of aryl methyl sites for hydroxylation is 1. The molecule has 0 atom stereocenters. The van der Waals surface area contributed by atoms with E-state index in [1.54, 1.807) is 12.1 Å². The number of benzene rings is 2. The van der Waals surface area contributed by atoms with Gasteiger partial charge in [0.15, 0.2) is 5.58 Å². The molecule has 0 saturated heterocycles. The molecule has 0 bridgehead atoms. The van der Waals surface area contributed by atoms with E-state index >= 15 is 0 Å². The number of halogens is 1. The van der Waals surface area contributed by atoms with E-state index in [1.807, 2.05) is 19.1 Å². The van der Waals surface area contributed by atoms with Gasteiger partial charge in [0.05, 0.1) is 4.92 Å².